The maximum atomic E-state index is 14.6. The fourth-order valence-electron chi connectivity index (χ4n) is 3.40. The van der Waals surface area contributed by atoms with Gasteiger partial charge >= 0.3 is 5.69 Å². The predicted molar refractivity (Wildman–Crippen MR) is 121 cm³/mol. The second-order valence-electron chi connectivity index (χ2n) is 7.56. The van der Waals surface area contributed by atoms with Gasteiger partial charge in [0.05, 0.1) is 21.5 Å². The van der Waals surface area contributed by atoms with Gasteiger partial charge in [-0.25, -0.2) is 26.9 Å². The van der Waals surface area contributed by atoms with Crippen LogP contribution in [0.15, 0.2) is 27.8 Å². The van der Waals surface area contributed by atoms with Crippen LogP contribution in [0.3, 0.4) is 0 Å². The number of benzene rings is 1. The summed E-state index contributed by atoms with van der Waals surface area (Å²) in [4.78, 5) is 39.5. The lowest BCUT2D eigenvalue weighted by Gasteiger charge is -2.28. The van der Waals surface area contributed by atoms with Gasteiger partial charge in [0.25, 0.3) is 11.5 Å². The summed E-state index contributed by atoms with van der Waals surface area (Å²) in [5.41, 5.74) is -2.13. The summed E-state index contributed by atoms with van der Waals surface area (Å²) in [5.74, 6) is -2.08. The van der Waals surface area contributed by atoms with Crippen LogP contribution in [0.4, 0.5) is 4.39 Å². The fraction of sp³-hybridized carbons (Fsp3) is 0.421. The van der Waals surface area contributed by atoms with Crippen LogP contribution in [0.1, 0.15) is 28.9 Å². The van der Waals surface area contributed by atoms with E-state index in [1.807, 2.05) is 16.7 Å². The average molecular weight is 509 g/mol. The quantitative estimate of drug-likeness (QED) is 0.664. The van der Waals surface area contributed by atoms with Gasteiger partial charge in [-0.3, -0.25) is 9.59 Å². The highest BCUT2D eigenvalue weighted by Gasteiger charge is 2.31. The molecule has 1 fully saturated rings. The Morgan fingerprint density at radius 2 is 1.75 bits per heavy atom. The Kier molecular flexibility index (Phi) is 7.92. The van der Waals surface area contributed by atoms with E-state index < -0.39 is 43.9 Å². The Bertz CT molecular complexity index is 1270. The zero-order valence-electron chi connectivity index (χ0n) is 17.6. The summed E-state index contributed by atoms with van der Waals surface area (Å²) in [6.07, 6.45) is 0.715. The second-order valence-corrected chi connectivity index (χ2v) is 9.93. The number of halogens is 3. The lowest BCUT2D eigenvalue weighted by molar-refractivity contribution is 0.0980. The SMILES string of the molecule is Cc1cc(=O)n(-c2cc(C(=O)NS(=O)(=O)C3CCN(C)CC3)c(Cl)cc2F)c(=O)n1C.Cl. The molecule has 0 aliphatic carbocycles. The molecule has 1 amide bonds. The summed E-state index contributed by atoms with van der Waals surface area (Å²) in [7, 11) is -0.721. The first-order valence-corrected chi connectivity index (χ1v) is 11.4. The predicted octanol–water partition coefficient (Wildman–Crippen LogP) is 1.21. The van der Waals surface area contributed by atoms with Crippen LogP contribution in [0.2, 0.25) is 5.02 Å². The lowest BCUT2D eigenvalue weighted by Crippen LogP contribution is -2.44. The number of aryl methyl sites for hydroxylation is 1. The molecule has 1 saturated heterocycles. The smallest absolute Gasteiger partial charge is 0.306 e. The molecular formula is C19H23Cl2FN4O5S. The number of amides is 1. The number of likely N-dealkylation sites (tertiary alicyclic amines) is 1. The molecule has 176 valence electrons. The summed E-state index contributed by atoms with van der Waals surface area (Å²) < 4.78 is 43.5. The molecule has 1 aliphatic heterocycles. The van der Waals surface area contributed by atoms with Crippen molar-refractivity contribution in [2.24, 2.45) is 7.05 Å². The molecule has 0 unspecified atom stereocenters. The van der Waals surface area contributed by atoms with Gasteiger partial charge in [0.1, 0.15) is 5.82 Å². The van der Waals surface area contributed by atoms with Gasteiger partial charge in [-0.05, 0) is 52.0 Å². The largest absolute Gasteiger partial charge is 0.335 e. The molecule has 0 bridgehead atoms. The summed E-state index contributed by atoms with van der Waals surface area (Å²) in [6.45, 7) is 2.68. The van der Waals surface area contributed by atoms with Crippen LogP contribution < -0.4 is 16.0 Å². The van der Waals surface area contributed by atoms with E-state index >= 15 is 0 Å². The summed E-state index contributed by atoms with van der Waals surface area (Å²) in [5, 5.41) is -1.10. The van der Waals surface area contributed by atoms with Crippen LogP contribution in [0.5, 0.6) is 0 Å². The van der Waals surface area contributed by atoms with Gasteiger partial charge < -0.3 is 9.47 Å². The van der Waals surface area contributed by atoms with E-state index in [4.69, 9.17) is 11.6 Å². The molecule has 2 heterocycles. The monoisotopic (exact) mass is 508 g/mol. The average Bonchev–Trinajstić information content (AvgIpc) is 2.67. The van der Waals surface area contributed by atoms with Crippen molar-refractivity contribution in [3.63, 3.8) is 0 Å². The molecule has 9 nitrogen and oxygen atoms in total. The van der Waals surface area contributed by atoms with E-state index in [0.717, 1.165) is 22.8 Å². The number of carbonyl (C=O) groups excluding carboxylic acids is 1. The van der Waals surface area contributed by atoms with Gasteiger partial charge in [-0.1, -0.05) is 11.6 Å². The number of hydrogen-bond donors (Lipinski definition) is 1. The molecule has 2 aromatic rings. The topological polar surface area (TPSA) is 110 Å². The number of carbonyl (C=O) groups is 1. The number of aromatic nitrogens is 2. The third-order valence-electron chi connectivity index (χ3n) is 5.42. The standard InChI is InChI=1S/C19H22ClFN4O5S.ClH/c1-11-8-17(26)25(19(28)24(11)3)16-9-13(14(20)10-15(16)21)18(27)22-31(29,30)12-4-6-23(2)7-5-12;/h8-10,12H,4-7H2,1-3H3,(H,22,27);1H. The third-order valence-corrected chi connectivity index (χ3v) is 7.55. The van der Waals surface area contributed by atoms with Crippen molar-refractivity contribution in [3.05, 3.63) is 61.1 Å². The molecule has 32 heavy (non-hydrogen) atoms. The molecule has 1 aromatic heterocycles. The minimum Gasteiger partial charge on any atom is -0.306 e. The van der Waals surface area contributed by atoms with Crippen molar-refractivity contribution in [3.8, 4) is 5.69 Å². The number of nitrogens with one attached hydrogen (secondary N) is 1. The first kappa shape index (κ1) is 26.0. The lowest BCUT2D eigenvalue weighted by atomic mass is 10.1. The molecule has 3 rings (SSSR count). The van der Waals surface area contributed by atoms with Crippen LogP contribution in [-0.2, 0) is 17.1 Å². The van der Waals surface area contributed by atoms with Crippen LogP contribution in [0, 0.1) is 12.7 Å². The molecule has 1 N–H and O–H groups in total. The molecular weight excluding hydrogens is 486 g/mol. The summed E-state index contributed by atoms with van der Waals surface area (Å²) >= 11 is 5.98. The van der Waals surface area contributed by atoms with E-state index in [-0.39, 0.29) is 23.0 Å². The fourth-order valence-corrected chi connectivity index (χ4v) is 5.01. The number of piperidine rings is 1. The van der Waals surface area contributed by atoms with E-state index in [9.17, 15) is 27.2 Å². The maximum absolute atomic E-state index is 14.6. The van der Waals surface area contributed by atoms with Crippen molar-refractivity contribution < 1.29 is 17.6 Å². The Balaban J connectivity index is 0.00000363. The first-order chi connectivity index (χ1) is 14.4. The van der Waals surface area contributed by atoms with E-state index in [2.05, 4.69) is 0 Å². The minimum atomic E-state index is -4.00. The number of rotatable bonds is 4. The van der Waals surface area contributed by atoms with E-state index in [0.29, 0.717) is 36.2 Å². The molecule has 13 heteroatoms. The Morgan fingerprint density at radius 1 is 1.16 bits per heavy atom. The van der Waals surface area contributed by atoms with Crippen molar-refractivity contribution >= 4 is 39.9 Å². The molecule has 0 atom stereocenters. The molecule has 1 aliphatic rings. The van der Waals surface area contributed by atoms with Crippen molar-refractivity contribution in [1.82, 2.24) is 18.8 Å². The zero-order valence-corrected chi connectivity index (χ0v) is 20.0. The molecule has 0 radical (unpaired) electrons. The van der Waals surface area contributed by atoms with Gasteiger partial charge in [-0.15, -0.1) is 12.4 Å². The van der Waals surface area contributed by atoms with Crippen LogP contribution in [-0.4, -0.2) is 53.7 Å². The summed E-state index contributed by atoms with van der Waals surface area (Å²) in [6, 6.07) is 2.80. The highest BCUT2D eigenvalue weighted by molar-refractivity contribution is 7.90. The number of nitrogens with zero attached hydrogens (tertiary/aromatic N) is 3. The van der Waals surface area contributed by atoms with Gasteiger partial charge in [0.15, 0.2) is 0 Å². The molecule has 1 aromatic carbocycles. The van der Waals surface area contributed by atoms with Gasteiger partial charge in [0, 0.05) is 18.8 Å². The van der Waals surface area contributed by atoms with E-state index in [1.54, 1.807) is 0 Å². The zero-order chi connectivity index (χ0) is 23.1. The van der Waals surface area contributed by atoms with Crippen molar-refractivity contribution in [1.29, 1.82) is 0 Å². The number of sulfonamides is 1. The Morgan fingerprint density at radius 3 is 2.34 bits per heavy atom. The van der Waals surface area contributed by atoms with Crippen LogP contribution >= 0.6 is 24.0 Å². The Hall–Kier alpha value is -2.21. The molecule has 0 spiro atoms. The minimum absolute atomic E-state index is 0. The van der Waals surface area contributed by atoms with Crippen molar-refractivity contribution in [2.75, 3.05) is 20.1 Å². The third kappa shape index (κ3) is 5.06. The molecule has 0 saturated carbocycles. The second kappa shape index (κ2) is 9.74. The highest BCUT2D eigenvalue weighted by atomic mass is 35.5. The van der Waals surface area contributed by atoms with Crippen LogP contribution in [0.25, 0.3) is 5.69 Å². The highest BCUT2D eigenvalue weighted by Crippen LogP contribution is 2.23. The normalized spacial score (nSPS) is 15.3. The van der Waals surface area contributed by atoms with Crippen molar-refractivity contribution in [2.45, 2.75) is 25.0 Å². The van der Waals surface area contributed by atoms with Gasteiger partial charge in [-0.2, -0.15) is 0 Å². The number of hydrogen-bond acceptors (Lipinski definition) is 6. The van der Waals surface area contributed by atoms with Gasteiger partial charge in [0.2, 0.25) is 10.0 Å². The first-order valence-electron chi connectivity index (χ1n) is 9.46. The maximum Gasteiger partial charge on any atom is 0.335 e. The van der Waals surface area contributed by atoms with E-state index in [1.165, 1.54) is 14.0 Å². The Labute approximate surface area is 195 Å².